The van der Waals surface area contributed by atoms with Crippen molar-refractivity contribution in [2.45, 2.75) is 35.4 Å². The molecule has 0 aromatic carbocycles. The van der Waals surface area contributed by atoms with Crippen LogP contribution < -0.4 is 10.6 Å². The molecule has 12 heteroatoms. The Bertz CT molecular complexity index is 1030. The van der Waals surface area contributed by atoms with E-state index in [1.165, 1.54) is 19.1 Å². The van der Waals surface area contributed by atoms with E-state index in [2.05, 4.69) is 15.8 Å². The zero-order chi connectivity index (χ0) is 19.8. The Kier molecular flexibility index (Phi) is 5.43. The number of amides is 1. The van der Waals surface area contributed by atoms with E-state index in [1.54, 1.807) is 18.4 Å². The molecule has 0 radical (unpaired) electrons. The van der Waals surface area contributed by atoms with Crippen molar-refractivity contribution >= 4 is 42.7 Å². The number of rotatable bonds is 6. The van der Waals surface area contributed by atoms with Gasteiger partial charge in [-0.25, -0.2) is 16.8 Å². The van der Waals surface area contributed by atoms with Gasteiger partial charge in [0.05, 0.1) is 22.8 Å². The molecule has 1 saturated heterocycles. The number of thiophene rings is 1. The van der Waals surface area contributed by atoms with Crippen molar-refractivity contribution in [2.75, 3.05) is 16.8 Å². The van der Waals surface area contributed by atoms with E-state index in [9.17, 15) is 21.6 Å². The number of aromatic nitrogens is 1. The fourth-order valence-corrected chi connectivity index (χ4v) is 8.81. The van der Waals surface area contributed by atoms with Crippen molar-refractivity contribution in [3.8, 4) is 0 Å². The van der Waals surface area contributed by atoms with Gasteiger partial charge in [-0.2, -0.15) is 0 Å². The number of nitrogens with zero attached hydrogens (tertiary/aromatic N) is 1. The Hall–Kier alpha value is -1.76. The van der Waals surface area contributed by atoms with E-state index in [0.717, 1.165) is 11.3 Å². The van der Waals surface area contributed by atoms with Crippen molar-refractivity contribution < 1.29 is 26.2 Å². The van der Waals surface area contributed by atoms with Gasteiger partial charge in [-0.15, -0.1) is 11.3 Å². The summed E-state index contributed by atoms with van der Waals surface area (Å²) in [5, 5.41) is 9.52. The maximum atomic E-state index is 12.8. The summed E-state index contributed by atoms with van der Waals surface area (Å²) in [6.07, 6.45) is 0. The minimum atomic E-state index is -3.82. The predicted molar refractivity (Wildman–Crippen MR) is 100 cm³/mol. The van der Waals surface area contributed by atoms with Crippen LogP contribution in [0.1, 0.15) is 12.7 Å². The van der Waals surface area contributed by atoms with Crippen LogP contribution in [0.4, 0.5) is 5.82 Å². The lowest BCUT2D eigenvalue weighted by molar-refractivity contribution is -0.118. The molecule has 2 N–H and O–H groups in total. The highest BCUT2D eigenvalue weighted by Crippen LogP contribution is 2.28. The SMILES string of the molecule is Cc1cc(NC(=O)[C@H](C)N[C@H]2CS(=O)(=O)C[C@@H]2S(=O)(=O)c2cccs2)no1. The lowest BCUT2D eigenvalue weighted by Gasteiger charge is -2.22. The maximum absolute atomic E-state index is 12.8. The van der Waals surface area contributed by atoms with Crippen molar-refractivity contribution in [1.29, 1.82) is 0 Å². The minimum absolute atomic E-state index is 0.117. The molecule has 0 bridgehead atoms. The molecule has 2 aromatic heterocycles. The Labute approximate surface area is 161 Å². The van der Waals surface area contributed by atoms with Crippen LogP contribution in [0, 0.1) is 6.92 Å². The van der Waals surface area contributed by atoms with Crippen molar-refractivity contribution in [1.82, 2.24) is 10.5 Å². The molecule has 1 aliphatic heterocycles. The highest BCUT2D eigenvalue weighted by atomic mass is 32.2. The van der Waals surface area contributed by atoms with Crippen LogP contribution in [0.2, 0.25) is 0 Å². The second-order valence-electron chi connectivity index (χ2n) is 6.40. The third kappa shape index (κ3) is 4.39. The molecule has 0 spiro atoms. The Morgan fingerprint density at radius 2 is 2.15 bits per heavy atom. The first-order chi connectivity index (χ1) is 12.6. The van der Waals surface area contributed by atoms with E-state index in [4.69, 9.17) is 4.52 Å². The first-order valence-electron chi connectivity index (χ1n) is 8.06. The van der Waals surface area contributed by atoms with Gasteiger partial charge < -0.3 is 15.2 Å². The quantitative estimate of drug-likeness (QED) is 0.676. The smallest absolute Gasteiger partial charge is 0.242 e. The van der Waals surface area contributed by atoms with Crippen LogP contribution >= 0.6 is 11.3 Å². The third-order valence-electron chi connectivity index (χ3n) is 4.21. The number of hydrogen-bond acceptors (Lipinski definition) is 9. The summed E-state index contributed by atoms with van der Waals surface area (Å²) >= 11 is 1.04. The molecular formula is C15H19N3O6S3. The van der Waals surface area contributed by atoms with Crippen LogP contribution in [-0.4, -0.2) is 56.7 Å². The van der Waals surface area contributed by atoms with Crippen LogP contribution in [-0.2, 0) is 24.5 Å². The predicted octanol–water partition coefficient (Wildman–Crippen LogP) is 0.601. The fraction of sp³-hybridized carbons (Fsp3) is 0.467. The summed E-state index contributed by atoms with van der Waals surface area (Å²) in [5.74, 6) is -0.535. The molecule has 1 fully saturated rings. The first-order valence-corrected chi connectivity index (χ1v) is 12.3. The molecule has 1 amide bonds. The fourth-order valence-electron chi connectivity index (χ4n) is 2.91. The van der Waals surface area contributed by atoms with Gasteiger partial charge >= 0.3 is 0 Å². The summed E-state index contributed by atoms with van der Waals surface area (Å²) in [6, 6.07) is 2.86. The Morgan fingerprint density at radius 3 is 2.74 bits per heavy atom. The van der Waals surface area contributed by atoms with Crippen LogP contribution in [0.25, 0.3) is 0 Å². The summed E-state index contributed by atoms with van der Waals surface area (Å²) < 4.78 is 54.8. The molecule has 2 aromatic rings. The summed E-state index contributed by atoms with van der Waals surface area (Å²) in [6.45, 7) is 3.20. The van der Waals surface area contributed by atoms with Gasteiger partial charge in [-0.3, -0.25) is 4.79 Å². The molecule has 3 heterocycles. The van der Waals surface area contributed by atoms with E-state index in [-0.39, 0.29) is 15.8 Å². The number of sulfone groups is 2. The second-order valence-corrected chi connectivity index (χ2v) is 11.9. The zero-order valence-electron chi connectivity index (χ0n) is 14.6. The van der Waals surface area contributed by atoms with Gasteiger partial charge in [0.2, 0.25) is 5.91 Å². The van der Waals surface area contributed by atoms with Gasteiger partial charge in [-0.1, -0.05) is 11.2 Å². The number of aryl methyl sites for hydroxylation is 1. The van der Waals surface area contributed by atoms with Gasteiger partial charge in [0.15, 0.2) is 25.5 Å². The summed E-state index contributed by atoms with van der Waals surface area (Å²) in [5.41, 5.74) is 0. The van der Waals surface area contributed by atoms with E-state index in [1.807, 2.05) is 0 Å². The van der Waals surface area contributed by atoms with Crippen molar-refractivity contribution in [2.24, 2.45) is 0 Å². The average molecular weight is 434 g/mol. The molecule has 3 rings (SSSR count). The van der Waals surface area contributed by atoms with E-state index in [0.29, 0.717) is 5.76 Å². The lowest BCUT2D eigenvalue weighted by Crippen LogP contribution is -2.50. The van der Waals surface area contributed by atoms with Crippen molar-refractivity contribution in [3.05, 3.63) is 29.3 Å². The number of hydrogen-bond donors (Lipinski definition) is 2. The average Bonchev–Trinajstić information content (AvgIpc) is 3.28. The molecule has 1 aliphatic rings. The molecule has 3 atom stereocenters. The molecule has 148 valence electrons. The summed E-state index contributed by atoms with van der Waals surface area (Å²) in [7, 11) is -7.37. The number of carbonyl (C=O) groups is 1. The van der Waals surface area contributed by atoms with Crippen molar-refractivity contribution in [3.63, 3.8) is 0 Å². The topological polar surface area (TPSA) is 135 Å². The molecule has 0 unspecified atom stereocenters. The zero-order valence-corrected chi connectivity index (χ0v) is 17.0. The standard InChI is InChI=1S/C15H19N3O6S3/c1-9-6-13(18-24-9)17-15(19)10(2)16-11-7-26(20,21)8-12(11)27(22,23)14-4-3-5-25-14/h3-6,10-12,16H,7-8H2,1-2H3,(H,17,18,19)/t10-,11-,12-/m0/s1. The van der Waals surface area contributed by atoms with Crippen LogP contribution in [0.15, 0.2) is 32.3 Å². The lowest BCUT2D eigenvalue weighted by atomic mass is 10.2. The highest BCUT2D eigenvalue weighted by molar-refractivity contribution is 7.97. The molecule has 9 nitrogen and oxygen atoms in total. The van der Waals surface area contributed by atoms with E-state index < -0.39 is 48.7 Å². The molecule has 0 saturated carbocycles. The maximum Gasteiger partial charge on any atom is 0.242 e. The second kappa shape index (κ2) is 7.34. The number of nitrogens with one attached hydrogen (secondary N) is 2. The minimum Gasteiger partial charge on any atom is -0.360 e. The Balaban J connectivity index is 1.76. The van der Waals surface area contributed by atoms with Gasteiger partial charge in [0.25, 0.3) is 0 Å². The number of carbonyl (C=O) groups excluding carboxylic acids is 1. The van der Waals surface area contributed by atoms with Crippen LogP contribution in [0.3, 0.4) is 0 Å². The van der Waals surface area contributed by atoms with Gasteiger partial charge in [0, 0.05) is 12.1 Å². The van der Waals surface area contributed by atoms with Gasteiger partial charge in [-0.05, 0) is 25.3 Å². The van der Waals surface area contributed by atoms with Crippen LogP contribution in [0.5, 0.6) is 0 Å². The largest absolute Gasteiger partial charge is 0.360 e. The third-order valence-corrected chi connectivity index (χ3v) is 9.79. The van der Waals surface area contributed by atoms with Gasteiger partial charge in [0.1, 0.15) is 9.97 Å². The Morgan fingerprint density at radius 1 is 1.41 bits per heavy atom. The molecule has 27 heavy (non-hydrogen) atoms. The first kappa shape index (κ1) is 20.0. The summed E-state index contributed by atoms with van der Waals surface area (Å²) in [4.78, 5) is 12.3. The van der Waals surface area contributed by atoms with E-state index >= 15 is 0 Å². The highest BCUT2D eigenvalue weighted by Gasteiger charge is 2.46. The molecule has 0 aliphatic carbocycles. The number of anilines is 1. The normalized spacial score (nSPS) is 23.2. The monoisotopic (exact) mass is 433 g/mol. The molecular weight excluding hydrogens is 414 g/mol.